The van der Waals surface area contributed by atoms with Crippen LogP contribution in [0.15, 0.2) is 0 Å². The van der Waals surface area contributed by atoms with Crippen molar-refractivity contribution in [2.24, 2.45) is 5.41 Å². The first-order valence-electron chi connectivity index (χ1n) is 6.12. The van der Waals surface area contributed by atoms with E-state index < -0.39 is 0 Å². The van der Waals surface area contributed by atoms with Crippen LogP contribution >= 0.6 is 0 Å². The van der Waals surface area contributed by atoms with Gasteiger partial charge in [0.05, 0.1) is 0 Å². The number of rotatable bonds is 3. The highest BCUT2D eigenvalue weighted by Gasteiger charge is 2.30. The summed E-state index contributed by atoms with van der Waals surface area (Å²) in [6.07, 6.45) is 6.85. The van der Waals surface area contributed by atoms with E-state index in [1.807, 2.05) is 0 Å². The van der Waals surface area contributed by atoms with Gasteiger partial charge in [0.25, 0.3) is 0 Å². The van der Waals surface area contributed by atoms with Gasteiger partial charge in [0.15, 0.2) is 0 Å². The van der Waals surface area contributed by atoms with Crippen LogP contribution < -0.4 is 10.6 Å². The van der Waals surface area contributed by atoms with Crippen molar-refractivity contribution in [3.63, 3.8) is 0 Å². The fourth-order valence-corrected chi connectivity index (χ4v) is 2.85. The first-order chi connectivity index (χ1) is 6.66. The van der Waals surface area contributed by atoms with Gasteiger partial charge in [-0.25, -0.2) is 0 Å². The third-order valence-electron chi connectivity index (χ3n) is 3.78. The molecule has 2 atom stereocenters. The lowest BCUT2D eigenvalue weighted by Crippen LogP contribution is -2.38. The van der Waals surface area contributed by atoms with Crippen LogP contribution in [-0.4, -0.2) is 25.2 Å². The van der Waals surface area contributed by atoms with Gasteiger partial charge >= 0.3 is 0 Å². The highest BCUT2D eigenvalue weighted by molar-refractivity contribution is 4.88. The molecule has 1 heterocycles. The summed E-state index contributed by atoms with van der Waals surface area (Å²) in [5, 5.41) is 7.26. The zero-order valence-corrected chi connectivity index (χ0v) is 9.60. The zero-order valence-electron chi connectivity index (χ0n) is 9.60. The van der Waals surface area contributed by atoms with E-state index in [-0.39, 0.29) is 0 Å². The molecule has 0 aromatic carbocycles. The van der Waals surface area contributed by atoms with E-state index >= 15 is 0 Å². The molecule has 2 rings (SSSR count). The average molecular weight is 196 g/mol. The SMILES string of the molecule is CC1(C)CCC(NC[C@@H]2CCCN2)C1. The van der Waals surface area contributed by atoms with Crippen LogP contribution in [0.3, 0.4) is 0 Å². The number of nitrogens with one attached hydrogen (secondary N) is 2. The molecule has 0 aromatic heterocycles. The molecule has 0 radical (unpaired) electrons. The third kappa shape index (κ3) is 2.71. The minimum Gasteiger partial charge on any atom is -0.313 e. The van der Waals surface area contributed by atoms with Crippen molar-refractivity contribution in [2.75, 3.05) is 13.1 Å². The molecule has 2 aliphatic rings. The molecule has 82 valence electrons. The largest absolute Gasteiger partial charge is 0.313 e. The van der Waals surface area contributed by atoms with E-state index in [1.54, 1.807) is 0 Å². The Morgan fingerprint density at radius 2 is 2.21 bits per heavy atom. The molecular weight excluding hydrogens is 172 g/mol. The molecule has 0 spiro atoms. The van der Waals surface area contributed by atoms with Crippen LogP contribution in [0.5, 0.6) is 0 Å². The minimum absolute atomic E-state index is 0.584. The molecule has 1 unspecified atom stereocenters. The van der Waals surface area contributed by atoms with Crippen LogP contribution in [0.25, 0.3) is 0 Å². The van der Waals surface area contributed by atoms with E-state index in [9.17, 15) is 0 Å². The van der Waals surface area contributed by atoms with E-state index in [0.717, 1.165) is 12.1 Å². The molecular formula is C12H24N2. The topological polar surface area (TPSA) is 24.1 Å². The molecule has 0 aromatic rings. The van der Waals surface area contributed by atoms with Crippen LogP contribution in [-0.2, 0) is 0 Å². The molecule has 2 nitrogen and oxygen atoms in total. The predicted molar refractivity (Wildman–Crippen MR) is 60.4 cm³/mol. The van der Waals surface area contributed by atoms with Crippen LogP contribution in [0.4, 0.5) is 0 Å². The summed E-state index contributed by atoms with van der Waals surface area (Å²) in [6, 6.07) is 1.53. The van der Waals surface area contributed by atoms with Crippen molar-refractivity contribution in [1.29, 1.82) is 0 Å². The van der Waals surface area contributed by atoms with E-state index in [1.165, 1.54) is 45.2 Å². The lowest BCUT2D eigenvalue weighted by atomic mass is 9.92. The fourth-order valence-electron chi connectivity index (χ4n) is 2.85. The Kier molecular flexibility index (Phi) is 3.13. The first kappa shape index (κ1) is 10.4. The van der Waals surface area contributed by atoms with Crippen molar-refractivity contribution >= 4 is 0 Å². The lowest BCUT2D eigenvalue weighted by molar-refractivity contribution is 0.360. The van der Waals surface area contributed by atoms with Gasteiger partial charge in [-0.3, -0.25) is 0 Å². The van der Waals surface area contributed by atoms with E-state index in [4.69, 9.17) is 0 Å². The molecule has 1 saturated heterocycles. The van der Waals surface area contributed by atoms with Crippen molar-refractivity contribution in [3.05, 3.63) is 0 Å². The average Bonchev–Trinajstić information content (AvgIpc) is 2.70. The standard InChI is InChI=1S/C12H24N2/c1-12(2)6-5-10(8-12)14-9-11-4-3-7-13-11/h10-11,13-14H,3-9H2,1-2H3/t10?,11-/m0/s1. The maximum Gasteiger partial charge on any atom is 0.0193 e. The van der Waals surface area contributed by atoms with Gasteiger partial charge in [0.1, 0.15) is 0 Å². The second-order valence-corrected chi connectivity index (χ2v) is 5.81. The number of hydrogen-bond donors (Lipinski definition) is 2. The van der Waals surface area contributed by atoms with Gasteiger partial charge < -0.3 is 10.6 Å². The highest BCUT2D eigenvalue weighted by atomic mass is 15.0. The summed E-state index contributed by atoms with van der Waals surface area (Å²) in [4.78, 5) is 0. The molecule has 2 heteroatoms. The van der Waals surface area contributed by atoms with Crippen LogP contribution in [0.1, 0.15) is 46.0 Å². The molecule has 0 bridgehead atoms. The summed E-state index contributed by atoms with van der Waals surface area (Å²) in [5.74, 6) is 0. The van der Waals surface area contributed by atoms with Gasteiger partial charge in [-0.1, -0.05) is 13.8 Å². The maximum atomic E-state index is 3.72. The van der Waals surface area contributed by atoms with E-state index in [2.05, 4.69) is 24.5 Å². The monoisotopic (exact) mass is 196 g/mol. The normalized spacial score (nSPS) is 36.4. The van der Waals surface area contributed by atoms with Gasteiger partial charge in [-0.05, 0) is 44.1 Å². The second-order valence-electron chi connectivity index (χ2n) is 5.81. The summed E-state index contributed by atoms with van der Waals surface area (Å²) >= 11 is 0. The maximum absolute atomic E-state index is 3.72. The molecule has 1 aliphatic carbocycles. The van der Waals surface area contributed by atoms with Crippen LogP contribution in [0.2, 0.25) is 0 Å². The molecule has 0 amide bonds. The zero-order chi connectivity index (χ0) is 10.0. The number of hydrogen-bond acceptors (Lipinski definition) is 2. The molecule has 14 heavy (non-hydrogen) atoms. The molecule has 2 N–H and O–H groups in total. The molecule has 2 fully saturated rings. The van der Waals surface area contributed by atoms with E-state index in [0.29, 0.717) is 5.41 Å². The lowest BCUT2D eigenvalue weighted by Gasteiger charge is -2.19. The third-order valence-corrected chi connectivity index (χ3v) is 3.78. The quantitative estimate of drug-likeness (QED) is 0.720. The van der Waals surface area contributed by atoms with Crippen LogP contribution in [0, 0.1) is 5.41 Å². The second kappa shape index (κ2) is 4.19. The fraction of sp³-hybridized carbons (Fsp3) is 1.00. The Balaban J connectivity index is 1.66. The Morgan fingerprint density at radius 1 is 1.36 bits per heavy atom. The Morgan fingerprint density at radius 3 is 2.79 bits per heavy atom. The summed E-state index contributed by atoms with van der Waals surface area (Å²) in [6.45, 7) is 7.19. The van der Waals surface area contributed by atoms with Gasteiger partial charge in [0.2, 0.25) is 0 Å². The summed E-state index contributed by atoms with van der Waals surface area (Å²) < 4.78 is 0. The minimum atomic E-state index is 0.584. The summed E-state index contributed by atoms with van der Waals surface area (Å²) in [7, 11) is 0. The van der Waals surface area contributed by atoms with Crippen molar-refractivity contribution < 1.29 is 0 Å². The van der Waals surface area contributed by atoms with Gasteiger partial charge in [-0.15, -0.1) is 0 Å². The smallest absolute Gasteiger partial charge is 0.0193 e. The van der Waals surface area contributed by atoms with Crippen molar-refractivity contribution in [2.45, 2.75) is 58.0 Å². The van der Waals surface area contributed by atoms with Gasteiger partial charge in [0, 0.05) is 18.6 Å². The Hall–Kier alpha value is -0.0800. The Bertz CT molecular complexity index is 183. The molecule has 1 saturated carbocycles. The van der Waals surface area contributed by atoms with Crippen molar-refractivity contribution in [1.82, 2.24) is 10.6 Å². The first-order valence-corrected chi connectivity index (χ1v) is 6.12. The Labute approximate surface area is 87.8 Å². The summed E-state index contributed by atoms with van der Waals surface area (Å²) in [5.41, 5.74) is 0.584. The van der Waals surface area contributed by atoms with Gasteiger partial charge in [-0.2, -0.15) is 0 Å². The predicted octanol–water partition coefficient (Wildman–Crippen LogP) is 1.91. The highest BCUT2D eigenvalue weighted by Crippen LogP contribution is 2.36. The van der Waals surface area contributed by atoms with Crippen molar-refractivity contribution in [3.8, 4) is 0 Å². The molecule has 1 aliphatic heterocycles.